The number of aliphatic hydroxyl groups is 4. The van der Waals surface area contributed by atoms with Crippen molar-refractivity contribution in [3.8, 4) is 0 Å². The van der Waals surface area contributed by atoms with Crippen LogP contribution in [-0.4, -0.2) is 70.1 Å². The number of rotatable bonds is 8. The largest absolute Gasteiger partial charge is 0.466 e. The lowest BCUT2D eigenvalue weighted by Gasteiger charge is -2.39. The average Bonchev–Trinajstić information content (AvgIpc) is 2.47. The van der Waals surface area contributed by atoms with Gasteiger partial charge in [-0.2, -0.15) is 0 Å². The van der Waals surface area contributed by atoms with Crippen LogP contribution < -0.4 is 0 Å². The Balaban J connectivity index is 2.36. The molecule has 0 radical (unpaired) electrons. The Morgan fingerprint density at radius 1 is 1.05 bits per heavy atom. The molecule has 0 aliphatic carbocycles. The van der Waals surface area contributed by atoms with E-state index in [9.17, 15) is 20.1 Å². The summed E-state index contributed by atoms with van der Waals surface area (Å²) in [4.78, 5) is 11.7. The minimum atomic E-state index is -1.46. The van der Waals surface area contributed by atoms with Gasteiger partial charge in [0.25, 0.3) is 0 Å². The first-order valence-electron chi connectivity index (χ1n) is 7.47. The first-order valence-corrected chi connectivity index (χ1v) is 7.47. The van der Waals surface area contributed by atoms with E-state index >= 15 is 0 Å². The van der Waals surface area contributed by atoms with Crippen molar-refractivity contribution in [1.82, 2.24) is 0 Å². The van der Waals surface area contributed by atoms with Gasteiger partial charge in [-0.05, 0) is 6.42 Å². The molecule has 0 bridgehead atoms. The van der Waals surface area contributed by atoms with Gasteiger partial charge in [0.15, 0.2) is 0 Å². The number of aliphatic hydroxyl groups excluding tert-OH is 4. The molecule has 0 aromatic carbocycles. The molecule has 21 heavy (non-hydrogen) atoms. The minimum Gasteiger partial charge on any atom is -0.466 e. The molecule has 0 aromatic heterocycles. The molecule has 0 saturated carbocycles. The van der Waals surface area contributed by atoms with Gasteiger partial charge in [0.2, 0.25) is 0 Å². The van der Waals surface area contributed by atoms with Gasteiger partial charge < -0.3 is 29.9 Å². The number of hydrogen-bond acceptors (Lipinski definition) is 7. The van der Waals surface area contributed by atoms with Crippen molar-refractivity contribution in [3.05, 3.63) is 0 Å². The third kappa shape index (κ3) is 5.52. The molecule has 1 fully saturated rings. The topological polar surface area (TPSA) is 116 Å². The highest BCUT2D eigenvalue weighted by atomic mass is 16.6. The zero-order valence-corrected chi connectivity index (χ0v) is 12.4. The third-order valence-electron chi connectivity index (χ3n) is 3.62. The van der Waals surface area contributed by atoms with E-state index in [-0.39, 0.29) is 6.42 Å². The fourth-order valence-electron chi connectivity index (χ4n) is 2.29. The normalized spacial score (nSPS) is 32.9. The van der Waals surface area contributed by atoms with E-state index in [2.05, 4.69) is 6.92 Å². The number of carbonyl (C=O) groups is 1. The second kappa shape index (κ2) is 9.32. The molecule has 0 amide bonds. The summed E-state index contributed by atoms with van der Waals surface area (Å²) in [6.45, 7) is 1.90. The van der Waals surface area contributed by atoms with Crippen LogP contribution in [0.3, 0.4) is 0 Å². The van der Waals surface area contributed by atoms with E-state index in [4.69, 9.17) is 14.6 Å². The quantitative estimate of drug-likeness (QED) is 0.347. The van der Waals surface area contributed by atoms with E-state index in [1.807, 2.05) is 0 Å². The van der Waals surface area contributed by atoms with Gasteiger partial charge in [0, 0.05) is 0 Å². The second-order valence-electron chi connectivity index (χ2n) is 5.35. The van der Waals surface area contributed by atoms with Crippen LogP contribution in [0.1, 0.15) is 39.0 Å². The minimum absolute atomic E-state index is 0.227. The van der Waals surface area contributed by atoms with Crippen LogP contribution in [-0.2, 0) is 14.3 Å². The summed E-state index contributed by atoms with van der Waals surface area (Å²) in [6.07, 6.45) is -2.52. The molecule has 0 spiro atoms. The van der Waals surface area contributed by atoms with Gasteiger partial charge in [0.05, 0.1) is 25.7 Å². The van der Waals surface area contributed by atoms with Crippen molar-refractivity contribution in [2.45, 2.75) is 69.5 Å². The molecule has 1 saturated heterocycles. The molecular formula is C14H26O7. The summed E-state index contributed by atoms with van der Waals surface area (Å²) in [6, 6.07) is 0. The fourth-order valence-corrected chi connectivity index (χ4v) is 2.29. The highest BCUT2D eigenvalue weighted by Crippen LogP contribution is 2.23. The number of hydrogen-bond donors (Lipinski definition) is 4. The summed E-state index contributed by atoms with van der Waals surface area (Å²) in [5.74, 6) is -0.532. The summed E-state index contributed by atoms with van der Waals surface area (Å²) in [5.41, 5.74) is 0. The molecule has 7 nitrogen and oxygen atoms in total. The van der Waals surface area contributed by atoms with Gasteiger partial charge in [0.1, 0.15) is 24.4 Å². The smallest absolute Gasteiger partial charge is 0.308 e. The van der Waals surface area contributed by atoms with Gasteiger partial charge >= 0.3 is 5.97 Å². The van der Waals surface area contributed by atoms with Crippen molar-refractivity contribution in [1.29, 1.82) is 0 Å². The Morgan fingerprint density at radius 2 is 1.71 bits per heavy atom. The van der Waals surface area contributed by atoms with E-state index in [0.29, 0.717) is 6.61 Å². The molecule has 1 aliphatic rings. The number of unbranched alkanes of at least 4 members (excludes halogenated alkanes) is 3. The molecule has 1 rings (SSSR count). The van der Waals surface area contributed by atoms with E-state index in [0.717, 1.165) is 25.7 Å². The van der Waals surface area contributed by atoms with Crippen molar-refractivity contribution >= 4 is 5.97 Å². The summed E-state index contributed by atoms with van der Waals surface area (Å²) < 4.78 is 10.3. The maximum atomic E-state index is 11.7. The average molecular weight is 306 g/mol. The molecule has 5 atom stereocenters. The standard InChI is InChI=1S/C14H26O7/c1-2-3-4-5-6-20-11(16)7-9-12(17)14(19)13(18)10(8-15)21-9/h9-10,12-15,17-19H,2-8H2,1H3/t9?,10-,12+,13-,14-/m1/s1. The lowest BCUT2D eigenvalue weighted by Crippen LogP contribution is -2.58. The van der Waals surface area contributed by atoms with E-state index < -0.39 is 43.1 Å². The van der Waals surface area contributed by atoms with Crippen LogP contribution in [0.5, 0.6) is 0 Å². The molecule has 1 heterocycles. The van der Waals surface area contributed by atoms with Crippen LogP contribution in [0.25, 0.3) is 0 Å². The molecule has 1 unspecified atom stereocenters. The molecule has 1 aliphatic heterocycles. The number of carbonyl (C=O) groups excluding carboxylic acids is 1. The van der Waals surface area contributed by atoms with Crippen LogP contribution in [0, 0.1) is 0 Å². The first-order chi connectivity index (χ1) is 10.0. The molecule has 0 aromatic rings. The SMILES string of the molecule is CCCCCCOC(=O)CC1O[C@H](CO)[C@@H](O)[C@H](O)[C@H]1O. The molecular weight excluding hydrogens is 280 g/mol. The zero-order valence-electron chi connectivity index (χ0n) is 12.4. The van der Waals surface area contributed by atoms with Crippen molar-refractivity contribution < 1.29 is 34.7 Å². The summed E-state index contributed by atoms with van der Waals surface area (Å²) >= 11 is 0. The Labute approximate surface area is 124 Å². The molecule has 124 valence electrons. The Kier molecular flexibility index (Phi) is 8.13. The van der Waals surface area contributed by atoms with E-state index in [1.54, 1.807) is 0 Å². The van der Waals surface area contributed by atoms with Gasteiger partial charge in [-0.1, -0.05) is 26.2 Å². The summed E-state index contributed by atoms with van der Waals surface area (Å²) in [5, 5.41) is 38.1. The van der Waals surface area contributed by atoms with E-state index in [1.165, 1.54) is 0 Å². The highest BCUT2D eigenvalue weighted by molar-refractivity contribution is 5.70. The summed E-state index contributed by atoms with van der Waals surface area (Å²) in [7, 11) is 0. The number of esters is 1. The van der Waals surface area contributed by atoms with Gasteiger partial charge in [-0.15, -0.1) is 0 Å². The van der Waals surface area contributed by atoms with Crippen molar-refractivity contribution in [2.24, 2.45) is 0 Å². The fraction of sp³-hybridized carbons (Fsp3) is 0.929. The highest BCUT2D eigenvalue weighted by Gasteiger charge is 2.44. The van der Waals surface area contributed by atoms with Crippen molar-refractivity contribution in [3.63, 3.8) is 0 Å². The van der Waals surface area contributed by atoms with Gasteiger partial charge in [-0.3, -0.25) is 4.79 Å². The van der Waals surface area contributed by atoms with Crippen molar-refractivity contribution in [2.75, 3.05) is 13.2 Å². The predicted octanol–water partition coefficient (Wildman–Crippen LogP) is -0.658. The predicted molar refractivity (Wildman–Crippen MR) is 73.5 cm³/mol. The zero-order chi connectivity index (χ0) is 15.8. The lowest BCUT2D eigenvalue weighted by molar-refractivity contribution is -0.231. The lowest BCUT2D eigenvalue weighted by atomic mass is 9.93. The van der Waals surface area contributed by atoms with Crippen LogP contribution >= 0.6 is 0 Å². The monoisotopic (exact) mass is 306 g/mol. The van der Waals surface area contributed by atoms with Gasteiger partial charge in [-0.25, -0.2) is 0 Å². The Bertz CT molecular complexity index is 308. The van der Waals surface area contributed by atoms with Crippen LogP contribution in [0.2, 0.25) is 0 Å². The van der Waals surface area contributed by atoms with Crippen LogP contribution in [0.15, 0.2) is 0 Å². The molecule has 4 N–H and O–H groups in total. The maximum absolute atomic E-state index is 11.7. The molecule has 7 heteroatoms. The second-order valence-corrected chi connectivity index (χ2v) is 5.35. The third-order valence-corrected chi connectivity index (χ3v) is 3.62. The maximum Gasteiger partial charge on any atom is 0.308 e. The Morgan fingerprint density at radius 3 is 2.33 bits per heavy atom. The first kappa shape index (κ1) is 18.3. The van der Waals surface area contributed by atoms with Crippen LogP contribution in [0.4, 0.5) is 0 Å². The Hall–Kier alpha value is -0.730. The number of ether oxygens (including phenoxy) is 2.